The van der Waals surface area contributed by atoms with Gasteiger partial charge in [-0.05, 0) is 55.8 Å². The van der Waals surface area contributed by atoms with Gasteiger partial charge in [0.1, 0.15) is 0 Å². The van der Waals surface area contributed by atoms with E-state index in [9.17, 15) is 14.4 Å². The number of urea groups is 1. The fourth-order valence-corrected chi connectivity index (χ4v) is 3.39. The Balaban J connectivity index is 1.83. The molecule has 0 aliphatic carbocycles. The van der Waals surface area contributed by atoms with Gasteiger partial charge in [-0.1, -0.05) is 28.1 Å². The summed E-state index contributed by atoms with van der Waals surface area (Å²) in [5.74, 6) is -0.703. The maximum Gasteiger partial charge on any atom is 0.338 e. The summed E-state index contributed by atoms with van der Waals surface area (Å²) in [6.07, 6.45) is 0. The summed E-state index contributed by atoms with van der Waals surface area (Å²) in [7, 11) is 1.60. The minimum absolute atomic E-state index is 0.231. The van der Waals surface area contributed by atoms with Crippen LogP contribution >= 0.6 is 15.9 Å². The van der Waals surface area contributed by atoms with Gasteiger partial charge >= 0.3 is 12.0 Å². The normalized spacial score (nSPS) is 16.2. The molecule has 1 heterocycles. The zero-order valence-corrected chi connectivity index (χ0v) is 18.4. The quantitative estimate of drug-likeness (QED) is 0.638. The molecular formula is C22H22BrN3O4. The lowest BCUT2D eigenvalue weighted by Crippen LogP contribution is -2.46. The predicted octanol–water partition coefficient (Wildman–Crippen LogP) is 4.23. The first-order valence-corrected chi connectivity index (χ1v) is 10.2. The summed E-state index contributed by atoms with van der Waals surface area (Å²) < 4.78 is 6.08. The minimum atomic E-state index is -0.635. The smallest absolute Gasteiger partial charge is 0.338 e. The number of benzene rings is 2. The summed E-state index contributed by atoms with van der Waals surface area (Å²) in [5.41, 5.74) is 2.76. The van der Waals surface area contributed by atoms with E-state index < -0.39 is 12.0 Å². The second kappa shape index (κ2) is 9.13. The van der Waals surface area contributed by atoms with Crippen LogP contribution in [0.25, 0.3) is 0 Å². The molecule has 7 nitrogen and oxygen atoms in total. The number of rotatable bonds is 5. The lowest BCUT2D eigenvalue weighted by Gasteiger charge is -2.33. The highest BCUT2D eigenvalue weighted by molar-refractivity contribution is 9.10. The number of nitrogens with one attached hydrogen (secondary N) is 2. The van der Waals surface area contributed by atoms with Crippen LogP contribution in [0, 0.1) is 0 Å². The van der Waals surface area contributed by atoms with Crippen LogP contribution in [0.2, 0.25) is 0 Å². The summed E-state index contributed by atoms with van der Waals surface area (Å²) in [6, 6.07) is 13.1. The molecule has 0 fully saturated rings. The summed E-state index contributed by atoms with van der Waals surface area (Å²) in [4.78, 5) is 38.6. The topological polar surface area (TPSA) is 87.7 Å². The molecule has 0 spiro atoms. The number of allylic oxidation sites excluding steroid dienone is 1. The van der Waals surface area contributed by atoms with E-state index in [4.69, 9.17) is 4.74 Å². The molecule has 0 saturated heterocycles. The third-order valence-electron chi connectivity index (χ3n) is 4.86. The monoisotopic (exact) mass is 471 g/mol. The van der Waals surface area contributed by atoms with Crippen molar-refractivity contribution in [1.82, 2.24) is 10.2 Å². The van der Waals surface area contributed by atoms with Gasteiger partial charge in [-0.15, -0.1) is 0 Å². The number of hydrogen-bond donors (Lipinski definition) is 2. The van der Waals surface area contributed by atoms with E-state index in [1.165, 1.54) is 4.90 Å². The molecule has 0 radical (unpaired) electrons. The van der Waals surface area contributed by atoms with Crippen molar-refractivity contribution in [3.8, 4) is 0 Å². The molecule has 3 rings (SSSR count). The van der Waals surface area contributed by atoms with Crippen molar-refractivity contribution in [3.63, 3.8) is 0 Å². The van der Waals surface area contributed by atoms with Gasteiger partial charge in [-0.2, -0.15) is 0 Å². The van der Waals surface area contributed by atoms with Crippen molar-refractivity contribution in [3.05, 3.63) is 75.4 Å². The number of amides is 3. The fourth-order valence-electron chi connectivity index (χ4n) is 3.12. The fraction of sp³-hybridized carbons (Fsp3) is 0.227. The van der Waals surface area contributed by atoms with E-state index in [2.05, 4.69) is 26.6 Å². The Labute approximate surface area is 183 Å². The number of esters is 1. The maximum absolute atomic E-state index is 12.5. The van der Waals surface area contributed by atoms with Crippen molar-refractivity contribution >= 4 is 39.5 Å². The Morgan fingerprint density at radius 1 is 1.13 bits per heavy atom. The van der Waals surface area contributed by atoms with Crippen LogP contribution in [0.5, 0.6) is 0 Å². The van der Waals surface area contributed by atoms with E-state index >= 15 is 0 Å². The van der Waals surface area contributed by atoms with Gasteiger partial charge in [-0.3, -0.25) is 4.79 Å². The maximum atomic E-state index is 12.5. The van der Waals surface area contributed by atoms with Gasteiger partial charge in [0.05, 0.1) is 18.2 Å². The van der Waals surface area contributed by atoms with Crippen LogP contribution in [0.4, 0.5) is 10.5 Å². The molecule has 2 N–H and O–H groups in total. The molecule has 0 aromatic heterocycles. The molecule has 156 valence electrons. The summed E-state index contributed by atoms with van der Waals surface area (Å²) in [6.45, 7) is 3.68. The number of ether oxygens (including phenoxy) is 1. The Bertz CT molecular complexity index is 1000. The van der Waals surface area contributed by atoms with Crippen molar-refractivity contribution in [2.24, 2.45) is 0 Å². The standard InChI is InChI=1S/C22H22BrN3O4/c1-4-30-21(28)18-13(2)26(3)22(29)25-19(18)14-7-11-17(12-8-14)24-20(27)15-5-9-16(23)10-6-15/h5-12,19H,4H2,1-3H3,(H,24,27)(H,25,29). The van der Waals surface area contributed by atoms with Gasteiger partial charge in [0.2, 0.25) is 0 Å². The molecule has 1 unspecified atom stereocenters. The largest absolute Gasteiger partial charge is 0.463 e. The third-order valence-corrected chi connectivity index (χ3v) is 5.39. The van der Waals surface area contributed by atoms with Crippen molar-refractivity contribution in [1.29, 1.82) is 0 Å². The Morgan fingerprint density at radius 2 is 1.77 bits per heavy atom. The first-order valence-electron chi connectivity index (χ1n) is 9.40. The molecule has 2 aromatic rings. The van der Waals surface area contributed by atoms with Gasteiger partial charge in [-0.25, -0.2) is 9.59 Å². The highest BCUT2D eigenvalue weighted by Gasteiger charge is 2.34. The lowest BCUT2D eigenvalue weighted by atomic mass is 9.95. The van der Waals surface area contributed by atoms with E-state index in [-0.39, 0.29) is 18.5 Å². The number of carbonyl (C=O) groups is 3. The number of halogens is 1. The molecule has 0 saturated carbocycles. The highest BCUT2D eigenvalue weighted by atomic mass is 79.9. The first kappa shape index (κ1) is 21.6. The first-order chi connectivity index (χ1) is 14.3. The van der Waals surface area contributed by atoms with Crippen LogP contribution in [0.3, 0.4) is 0 Å². The predicted molar refractivity (Wildman–Crippen MR) is 117 cm³/mol. The third kappa shape index (κ3) is 4.54. The Hall–Kier alpha value is -3.13. The molecule has 0 bridgehead atoms. The van der Waals surface area contributed by atoms with Crippen molar-refractivity contribution < 1.29 is 19.1 Å². The molecule has 1 aliphatic rings. The molecule has 8 heteroatoms. The minimum Gasteiger partial charge on any atom is -0.463 e. The van der Waals surface area contributed by atoms with Crippen LogP contribution in [-0.4, -0.2) is 36.5 Å². The molecule has 2 aromatic carbocycles. The number of carbonyl (C=O) groups excluding carboxylic acids is 3. The summed E-state index contributed by atoms with van der Waals surface area (Å²) in [5, 5.41) is 5.66. The van der Waals surface area contributed by atoms with Gasteiger partial charge in [0.15, 0.2) is 0 Å². The van der Waals surface area contributed by atoms with E-state index in [0.29, 0.717) is 28.1 Å². The Morgan fingerprint density at radius 3 is 2.37 bits per heavy atom. The second-order valence-corrected chi connectivity index (χ2v) is 7.66. The zero-order valence-electron chi connectivity index (χ0n) is 16.9. The van der Waals surface area contributed by atoms with Crippen LogP contribution in [-0.2, 0) is 9.53 Å². The molecule has 1 atom stereocenters. The SMILES string of the molecule is CCOC(=O)C1=C(C)N(C)C(=O)NC1c1ccc(NC(=O)c2ccc(Br)cc2)cc1. The average Bonchev–Trinajstić information content (AvgIpc) is 2.73. The molecule has 30 heavy (non-hydrogen) atoms. The van der Waals surface area contributed by atoms with Crippen LogP contribution in [0.15, 0.2) is 64.3 Å². The number of nitrogens with zero attached hydrogens (tertiary/aromatic N) is 1. The lowest BCUT2D eigenvalue weighted by molar-refractivity contribution is -0.139. The van der Waals surface area contributed by atoms with Crippen molar-refractivity contribution in [2.45, 2.75) is 19.9 Å². The number of anilines is 1. The van der Waals surface area contributed by atoms with E-state index in [0.717, 1.165) is 4.47 Å². The molecular weight excluding hydrogens is 450 g/mol. The van der Waals surface area contributed by atoms with E-state index in [1.807, 2.05) is 0 Å². The van der Waals surface area contributed by atoms with E-state index in [1.54, 1.807) is 69.4 Å². The van der Waals surface area contributed by atoms with Gasteiger partial charge < -0.3 is 20.3 Å². The Kier molecular flexibility index (Phi) is 6.56. The highest BCUT2D eigenvalue weighted by Crippen LogP contribution is 2.31. The van der Waals surface area contributed by atoms with Crippen LogP contribution in [0.1, 0.15) is 35.8 Å². The molecule has 3 amide bonds. The second-order valence-electron chi connectivity index (χ2n) is 6.74. The number of hydrogen-bond acceptors (Lipinski definition) is 4. The molecule has 1 aliphatic heterocycles. The van der Waals surface area contributed by atoms with Gasteiger partial charge in [0.25, 0.3) is 5.91 Å². The van der Waals surface area contributed by atoms with Gasteiger partial charge in [0, 0.05) is 28.5 Å². The van der Waals surface area contributed by atoms with Crippen molar-refractivity contribution in [2.75, 3.05) is 19.0 Å². The summed E-state index contributed by atoms with van der Waals surface area (Å²) >= 11 is 3.34. The average molecular weight is 472 g/mol. The zero-order chi connectivity index (χ0) is 21.8. The van der Waals surface area contributed by atoms with Crippen LogP contribution < -0.4 is 10.6 Å².